The average molecular weight is 274 g/mol. The highest BCUT2D eigenvalue weighted by atomic mass is 16.2. The van der Waals surface area contributed by atoms with Gasteiger partial charge < -0.3 is 9.88 Å². The third kappa shape index (κ3) is 3.34. The molecular weight excluding hydrogens is 256 g/mol. The lowest BCUT2D eigenvalue weighted by Crippen LogP contribution is -2.34. The largest absolute Gasteiger partial charge is 0.337 e. The molecule has 0 atom stereocenters. The first-order valence-electron chi connectivity index (χ1n) is 6.58. The Balaban J connectivity index is 2.10. The van der Waals surface area contributed by atoms with Crippen LogP contribution in [0.3, 0.4) is 0 Å². The lowest BCUT2D eigenvalue weighted by Gasteiger charge is -2.21. The highest BCUT2D eigenvalue weighted by Crippen LogP contribution is 2.04. The van der Waals surface area contributed by atoms with Gasteiger partial charge in [-0.1, -0.05) is 0 Å². The minimum atomic E-state index is -0.253. The lowest BCUT2D eigenvalue weighted by molar-refractivity contribution is 0.0757. The molecule has 1 amide bonds. The molecule has 0 saturated heterocycles. The number of carbonyl (C=O) groups is 1. The van der Waals surface area contributed by atoms with Gasteiger partial charge in [-0.15, -0.1) is 0 Å². The maximum Gasteiger partial charge on any atom is 0.254 e. The van der Waals surface area contributed by atoms with Crippen molar-refractivity contribution >= 4 is 5.91 Å². The Labute approximate surface area is 117 Å². The van der Waals surface area contributed by atoms with Crippen LogP contribution in [0.15, 0.2) is 35.4 Å². The van der Waals surface area contributed by atoms with E-state index < -0.39 is 0 Å². The predicted molar refractivity (Wildman–Crippen MR) is 75.6 cm³/mol. The molecule has 6 nitrogen and oxygen atoms in total. The Morgan fingerprint density at radius 2 is 2.25 bits per heavy atom. The van der Waals surface area contributed by atoms with Gasteiger partial charge >= 0.3 is 0 Å². The van der Waals surface area contributed by atoms with Crippen LogP contribution in [-0.4, -0.2) is 38.7 Å². The van der Waals surface area contributed by atoms with E-state index in [0.717, 1.165) is 0 Å². The van der Waals surface area contributed by atoms with Gasteiger partial charge in [-0.05, 0) is 26.0 Å². The topological polar surface area (TPSA) is 71.0 Å². The van der Waals surface area contributed by atoms with Crippen LogP contribution in [0, 0.1) is 6.92 Å². The van der Waals surface area contributed by atoms with E-state index in [-0.39, 0.29) is 11.5 Å². The fourth-order valence-corrected chi connectivity index (χ4v) is 2.05. The summed E-state index contributed by atoms with van der Waals surface area (Å²) < 4.78 is 1.78. The summed E-state index contributed by atoms with van der Waals surface area (Å²) in [5.74, 6) is -0.131. The summed E-state index contributed by atoms with van der Waals surface area (Å²) in [4.78, 5) is 28.2. The third-order valence-corrected chi connectivity index (χ3v) is 3.05. The van der Waals surface area contributed by atoms with Crippen LogP contribution in [0.1, 0.15) is 23.0 Å². The van der Waals surface area contributed by atoms with Crippen molar-refractivity contribution in [3.8, 4) is 0 Å². The molecule has 106 valence electrons. The fraction of sp³-hybridized carbons (Fsp3) is 0.357. The van der Waals surface area contributed by atoms with Gasteiger partial charge in [-0.2, -0.15) is 5.10 Å². The summed E-state index contributed by atoms with van der Waals surface area (Å²) in [5, 5.41) is 4.11. The molecule has 2 aromatic rings. The van der Waals surface area contributed by atoms with Crippen LogP contribution in [0.25, 0.3) is 0 Å². The molecule has 0 fully saturated rings. The Kier molecular flexibility index (Phi) is 4.34. The molecule has 6 heteroatoms. The van der Waals surface area contributed by atoms with Crippen LogP contribution in [0.4, 0.5) is 0 Å². The van der Waals surface area contributed by atoms with E-state index in [9.17, 15) is 9.59 Å². The zero-order chi connectivity index (χ0) is 14.5. The average Bonchev–Trinajstić information content (AvgIpc) is 2.91. The summed E-state index contributed by atoms with van der Waals surface area (Å²) in [6.07, 6.45) is 3.56. The zero-order valence-electron chi connectivity index (χ0n) is 11.7. The van der Waals surface area contributed by atoms with Crippen molar-refractivity contribution in [3.05, 3.63) is 52.2 Å². The minimum Gasteiger partial charge on any atom is -0.337 e. The number of aryl methyl sites for hydroxylation is 1. The van der Waals surface area contributed by atoms with Gasteiger partial charge in [-0.3, -0.25) is 14.3 Å². The predicted octanol–water partition coefficient (Wildman–Crippen LogP) is 1.04. The summed E-state index contributed by atoms with van der Waals surface area (Å²) >= 11 is 0. The molecular formula is C14H18N4O2. The zero-order valence-corrected chi connectivity index (χ0v) is 11.7. The number of H-pyrrole nitrogens is 1. The van der Waals surface area contributed by atoms with E-state index in [1.54, 1.807) is 28.8 Å². The van der Waals surface area contributed by atoms with Crippen molar-refractivity contribution in [2.45, 2.75) is 20.4 Å². The van der Waals surface area contributed by atoms with Crippen molar-refractivity contribution in [1.82, 2.24) is 19.7 Å². The molecule has 0 aliphatic heterocycles. The maximum absolute atomic E-state index is 12.4. The summed E-state index contributed by atoms with van der Waals surface area (Å²) in [7, 11) is 0. The third-order valence-electron chi connectivity index (χ3n) is 3.05. The smallest absolute Gasteiger partial charge is 0.254 e. The number of nitrogens with zero attached hydrogens (tertiary/aromatic N) is 3. The number of hydrogen-bond donors (Lipinski definition) is 1. The molecule has 0 saturated carbocycles. The molecule has 0 aliphatic rings. The van der Waals surface area contributed by atoms with Gasteiger partial charge in [0.25, 0.3) is 5.91 Å². The highest BCUT2D eigenvalue weighted by molar-refractivity contribution is 5.94. The summed E-state index contributed by atoms with van der Waals surface area (Å²) in [6.45, 7) is 5.46. The Morgan fingerprint density at radius 3 is 2.85 bits per heavy atom. The second-order valence-electron chi connectivity index (χ2n) is 4.57. The number of aromatic nitrogens is 3. The van der Waals surface area contributed by atoms with E-state index in [1.165, 1.54) is 6.07 Å². The first-order chi connectivity index (χ1) is 9.60. The molecule has 0 aromatic carbocycles. The summed E-state index contributed by atoms with van der Waals surface area (Å²) in [5.41, 5.74) is 0.856. The number of hydrogen-bond acceptors (Lipinski definition) is 3. The molecule has 2 rings (SSSR count). The molecule has 2 aromatic heterocycles. The number of pyridine rings is 1. The van der Waals surface area contributed by atoms with Gasteiger partial charge in [-0.25, -0.2) is 0 Å². The maximum atomic E-state index is 12.4. The van der Waals surface area contributed by atoms with Gasteiger partial charge in [0.15, 0.2) is 0 Å². The molecule has 0 radical (unpaired) electrons. The number of carbonyl (C=O) groups excluding carboxylic acids is 1. The van der Waals surface area contributed by atoms with Crippen molar-refractivity contribution in [2.24, 2.45) is 0 Å². The van der Waals surface area contributed by atoms with Gasteiger partial charge in [0.2, 0.25) is 5.56 Å². The van der Waals surface area contributed by atoms with Crippen molar-refractivity contribution in [1.29, 1.82) is 0 Å². The van der Waals surface area contributed by atoms with Crippen LogP contribution >= 0.6 is 0 Å². The fourth-order valence-electron chi connectivity index (χ4n) is 2.05. The van der Waals surface area contributed by atoms with Crippen molar-refractivity contribution in [3.63, 3.8) is 0 Å². The Bertz CT molecular complexity index is 631. The van der Waals surface area contributed by atoms with Crippen LogP contribution < -0.4 is 5.56 Å². The Hall–Kier alpha value is -2.37. The van der Waals surface area contributed by atoms with Gasteiger partial charge in [0.1, 0.15) is 0 Å². The normalized spacial score (nSPS) is 10.5. The lowest BCUT2D eigenvalue weighted by atomic mass is 10.2. The van der Waals surface area contributed by atoms with E-state index >= 15 is 0 Å². The second kappa shape index (κ2) is 6.18. The molecule has 0 unspecified atom stereocenters. The minimum absolute atomic E-state index is 0.131. The van der Waals surface area contributed by atoms with E-state index in [1.807, 2.05) is 19.2 Å². The van der Waals surface area contributed by atoms with Crippen LogP contribution in [0.2, 0.25) is 0 Å². The molecule has 2 heterocycles. The van der Waals surface area contributed by atoms with Crippen molar-refractivity contribution < 1.29 is 4.79 Å². The van der Waals surface area contributed by atoms with E-state index in [2.05, 4.69) is 10.1 Å². The molecule has 20 heavy (non-hydrogen) atoms. The Morgan fingerprint density at radius 1 is 1.45 bits per heavy atom. The van der Waals surface area contributed by atoms with Gasteiger partial charge in [0.05, 0.1) is 6.54 Å². The van der Waals surface area contributed by atoms with Crippen LogP contribution in [0.5, 0.6) is 0 Å². The second-order valence-corrected chi connectivity index (χ2v) is 4.57. The molecule has 0 aliphatic carbocycles. The number of rotatable bonds is 5. The van der Waals surface area contributed by atoms with E-state index in [0.29, 0.717) is 30.9 Å². The molecule has 1 N–H and O–H groups in total. The number of aromatic amines is 1. The standard InChI is InChI=1S/C14H18N4O2/c1-3-17(7-8-18-6-4-5-15-18)14(20)12-9-11(2)16-13(19)10-12/h4-6,9-10H,3,7-8H2,1-2H3,(H,16,19). The SMILES string of the molecule is CCN(CCn1cccn1)C(=O)c1cc(C)[nH]c(=O)c1. The quantitative estimate of drug-likeness (QED) is 0.885. The summed E-state index contributed by atoms with van der Waals surface area (Å²) in [6, 6.07) is 4.88. The van der Waals surface area contributed by atoms with E-state index in [4.69, 9.17) is 0 Å². The first kappa shape index (κ1) is 14.0. The van der Waals surface area contributed by atoms with Crippen LogP contribution in [-0.2, 0) is 6.54 Å². The number of amides is 1. The monoisotopic (exact) mass is 274 g/mol. The molecule has 0 bridgehead atoms. The van der Waals surface area contributed by atoms with Crippen molar-refractivity contribution in [2.75, 3.05) is 13.1 Å². The molecule has 0 spiro atoms. The van der Waals surface area contributed by atoms with Gasteiger partial charge in [0, 0.05) is 42.8 Å². The number of nitrogens with one attached hydrogen (secondary N) is 1. The highest BCUT2D eigenvalue weighted by Gasteiger charge is 2.15. The first-order valence-corrected chi connectivity index (χ1v) is 6.58. The number of likely N-dealkylation sites (N-methyl/N-ethyl adjacent to an activating group) is 1.